The van der Waals surface area contributed by atoms with Gasteiger partial charge in [-0.3, -0.25) is 0 Å². The van der Waals surface area contributed by atoms with Gasteiger partial charge in [0.25, 0.3) is 0 Å². The first-order valence-electron chi connectivity index (χ1n) is 6.98. The maximum absolute atomic E-state index is 13.6. The van der Waals surface area contributed by atoms with Crippen LogP contribution in [0.4, 0.5) is 4.39 Å². The van der Waals surface area contributed by atoms with Crippen LogP contribution in [-0.2, 0) is 11.3 Å². The van der Waals surface area contributed by atoms with Gasteiger partial charge in [-0.15, -0.1) is 0 Å². The van der Waals surface area contributed by atoms with E-state index in [1.165, 1.54) is 6.07 Å². The Bertz CT molecular complexity index is 604. The quantitative estimate of drug-likeness (QED) is 0.471. The van der Waals surface area contributed by atoms with Crippen molar-refractivity contribution in [3.63, 3.8) is 0 Å². The molecule has 22 heavy (non-hydrogen) atoms. The average Bonchev–Trinajstić information content (AvgIpc) is 2.52. The van der Waals surface area contributed by atoms with Crippen molar-refractivity contribution in [2.75, 3.05) is 20.3 Å². The Kier molecular flexibility index (Phi) is 6.92. The molecule has 2 aromatic carbocycles. The Morgan fingerprint density at radius 2 is 1.86 bits per heavy atom. The molecular weight excluding hydrogens is 398 g/mol. The molecule has 0 aliphatic heterocycles. The molecule has 0 heterocycles. The Labute approximate surface area is 143 Å². The van der Waals surface area contributed by atoms with Gasteiger partial charge in [0.1, 0.15) is 5.75 Å². The maximum Gasteiger partial charge on any atom is 0.166 e. The van der Waals surface area contributed by atoms with Crippen molar-refractivity contribution in [2.24, 2.45) is 0 Å². The third-order valence-electron chi connectivity index (χ3n) is 3.03. The monoisotopic (exact) mass is 416 g/mol. The molecule has 0 saturated carbocycles. The zero-order valence-corrected chi connectivity index (χ0v) is 14.5. The molecule has 2 aromatic rings. The van der Waals surface area contributed by atoms with Gasteiger partial charge in [0.15, 0.2) is 11.6 Å². The first-order valence-corrected chi connectivity index (χ1v) is 8.06. The summed E-state index contributed by atoms with van der Waals surface area (Å²) in [6.45, 7) is 1.45. The summed E-state index contributed by atoms with van der Waals surface area (Å²) in [5.41, 5.74) is 1.01. The van der Waals surface area contributed by atoms with E-state index < -0.39 is 0 Å². The highest BCUT2D eigenvalue weighted by atomic mass is 127. The minimum Gasteiger partial charge on any atom is -0.496 e. The molecule has 0 atom stereocenters. The van der Waals surface area contributed by atoms with Crippen LogP contribution in [0, 0.1) is 9.39 Å². The molecule has 0 saturated heterocycles. The normalized spacial score (nSPS) is 10.5. The van der Waals surface area contributed by atoms with Crippen molar-refractivity contribution >= 4 is 22.6 Å². The Morgan fingerprint density at radius 1 is 1.05 bits per heavy atom. The number of ether oxygens (including phenoxy) is 3. The molecule has 0 aliphatic carbocycles. The minimum absolute atomic E-state index is 0.283. The number of hydrogen-bond acceptors (Lipinski definition) is 3. The number of rotatable bonds is 8. The van der Waals surface area contributed by atoms with Crippen molar-refractivity contribution in [2.45, 2.75) is 13.0 Å². The molecule has 0 aliphatic rings. The second kappa shape index (κ2) is 8.95. The van der Waals surface area contributed by atoms with Crippen LogP contribution in [0.15, 0.2) is 42.5 Å². The van der Waals surface area contributed by atoms with Crippen LogP contribution in [-0.4, -0.2) is 20.3 Å². The number of para-hydroxylation sites is 1. The summed E-state index contributed by atoms with van der Waals surface area (Å²) < 4.78 is 30.7. The summed E-state index contributed by atoms with van der Waals surface area (Å²) in [6, 6.07) is 12.7. The molecule has 2 rings (SSSR count). The number of methoxy groups -OCH3 is 1. The highest BCUT2D eigenvalue weighted by Crippen LogP contribution is 2.20. The van der Waals surface area contributed by atoms with Crippen LogP contribution in [0.25, 0.3) is 0 Å². The second-order valence-electron chi connectivity index (χ2n) is 4.64. The first kappa shape index (κ1) is 17.0. The van der Waals surface area contributed by atoms with Gasteiger partial charge in [-0.2, -0.15) is 0 Å². The predicted octanol–water partition coefficient (Wildman–Crippen LogP) is 4.42. The lowest BCUT2D eigenvalue weighted by atomic mass is 10.2. The van der Waals surface area contributed by atoms with Crippen LogP contribution in [0.3, 0.4) is 0 Å². The highest BCUT2D eigenvalue weighted by Gasteiger charge is 2.04. The van der Waals surface area contributed by atoms with E-state index in [0.717, 1.165) is 14.9 Å². The predicted molar refractivity (Wildman–Crippen MR) is 91.9 cm³/mol. The molecule has 0 unspecified atom stereocenters. The number of hydrogen-bond donors (Lipinski definition) is 0. The fraction of sp³-hybridized carbons (Fsp3) is 0.294. The van der Waals surface area contributed by atoms with E-state index in [-0.39, 0.29) is 11.6 Å². The van der Waals surface area contributed by atoms with Gasteiger partial charge >= 0.3 is 0 Å². The van der Waals surface area contributed by atoms with E-state index in [0.29, 0.717) is 26.2 Å². The largest absolute Gasteiger partial charge is 0.496 e. The van der Waals surface area contributed by atoms with Gasteiger partial charge in [-0.25, -0.2) is 4.39 Å². The average molecular weight is 416 g/mol. The molecule has 0 N–H and O–H groups in total. The van der Waals surface area contributed by atoms with Crippen molar-refractivity contribution in [3.05, 3.63) is 57.4 Å². The molecule has 0 bridgehead atoms. The molecule has 5 heteroatoms. The number of benzene rings is 2. The van der Waals surface area contributed by atoms with Crippen molar-refractivity contribution in [3.8, 4) is 11.5 Å². The Morgan fingerprint density at radius 3 is 2.64 bits per heavy atom. The molecular formula is C17H18FIO3. The van der Waals surface area contributed by atoms with E-state index in [4.69, 9.17) is 14.2 Å². The first-order chi connectivity index (χ1) is 10.7. The van der Waals surface area contributed by atoms with E-state index in [2.05, 4.69) is 22.6 Å². The van der Waals surface area contributed by atoms with Crippen molar-refractivity contribution < 1.29 is 18.6 Å². The van der Waals surface area contributed by atoms with Gasteiger partial charge in [-0.05, 0) is 46.9 Å². The van der Waals surface area contributed by atoms with Crippen LogP contribution < -0.4 is 9.47 Å². The molecule has 3 nitrogen and oxygen atoms in total. The van der Waals surface area contributed by atoms with Crippen LogP contribution in [0.2, 0.25) is 0 Å². The summed E-state index contributed by atoms with van der Waals surface area (Å²) >= 11 is 2.06. The fourth-order valence-electron chi connectivity index (χ4n) is 1.94. The van der Waals surface area contributed by atoms with Gasteiger partial charge in [0, 0.05) is 15.6 Å². The summed E-state index contributed by atoms with van der Waals surface area (Å²) in [5.74, 6) is 0.770. The van der Waals surface area contributed by atoms with Crippen LogP contribution in [0.1, 0.15) is 12.0 Å². The van der Waals surface area contributed by atoms with Crippen molar-refractivity contribution in [1.82, 2.24) is 0 Å². The van der Waals surface area contributed by atoms with E-state index in [9.17, 15) is 4.39 Å². The Hall–Kier alpha value is -1.34. The van der Waals surface area contributed by atoms with Gasteiger partial charge < -0.3 is 14.2 Å². The van der Waals surface area contributed by atoms with Crippen molar-refractivity contribution in [1.29, 1.82) is 0 Å². The van der Waals surface area contributed by atoms with E-state index >= 15 is 0 Å². The smallest absolute Gasteiger partial charge is 0.166 e. The zero-order valence-electron chi connectivity index (χ0n) is 12.4. The lowest BCUT2D eigenvalue weighted by molar-refractivity contribution is 0.105. The molecule has 0 fully saturated rings. The third-order valence-corrected chi connectivity index (χ3v) is 3.71. The Balaban J connectivity index is 1.67. The van der Waals surface area contributed by atoms with E-state index in [1.807, 2.05) is 30.3 Å². The summed E-state index contributed by atoms with van der Waals surface area (Å²) in [7, 11) is 1.64. The van der Waals surface area contributed by atoms with Crippen LogP contribution in [0.5, 0.6) is 11.5 Å². The summed E-state index contributed by atoms with van der Waals surface area (Å²) in [4.78, 5) is 0. The standard InChI is InChI=1S/C17H18FIO3/c1-20-16-6-3-2-5-13(16)12-21-9-4-10-22-17-8-7-14(19)11-15(17)18/h2-3,5-8,11H,4,9-10,12H2,1H3. The topological polar surface area (TPSA) is 27.7 Å². The minimum atomic E-state index is -0.332. The molecule has 118 valence electrons. The lowest BCUT2D eigenvalue weighted by Gasteiger charge is -2.10. The molecule has 0 spiro atoms. The van der Waals surface area contributed by atoms with E-state index in [1.54, 1.807) is 13.2 Å². The highest BCUT2D eigenvalue weighted by molar-refractivity contribution is 14.1. The van der Waals surface area contributed by atoms with Gasteiger partial charge in [0.05, 0.1) is 26.9 Å². The second-order valence-corrected chi connectivity index (χ2v) is 5.89. The molecule has 0 amide bonds. The lowest BCUT2D eigenvalue weighted by Crippen LogP contribution is -2.04. The zero-order chi connectivity index (χ0) is 15.8. The molecule has 0 aromatic heterocycles. The summed E-state index contributed by atoms with van der Waals surface area (Å²) in [5, 5.41) is 0. The van der Waals surface area contributed by atoms with Gasteiger partial charge in [-0.1, -0.05) is 18.2 Å². The molecule has 0 radical (unpaired) electrons. The third kappa shape index (κ3) is 5.14. The summed E-state index contributed by atoms with van der Waals surface area (Å²) in [6.07, 6.45) is 0.695. The fourth-order valence-corrected chi connectivity index (χ4v) is 2.39. The number of halogens is 2. The van der Waals surface area contributed by atoms with Gasteiger partial charge in [0.2, 0.25) is 0 Å². The maximum atomic E-state index is 13.6. The van der Waals surface area contributed by atoms with Crippen LogP contribution >= 0.6 is 22.6 Å². The SMILES string of the molecule is COc1ccccc1COCCCOc1ccc(I)cc1F.